The molecule has 7 heteroatoms. The Morgan fingerprint density at radius 1 is 1.12 bits per heavy atom. The lowest BCUT2D eigenvalue weighted by Crippen LogP contribution is -2.23. The van der Waals surface area contributed by atoms with Crippen LogP contribution in [0.25, 0.3) is 22.1 Å². The number of anilines is 1. The first kappa shape index (κ1) is 16.5. The highest BCUT2D eigenvalue weighted by Crippen LogP contribution is 2.25. The fourth-order valence-corrected chi connectivity index (χ4v) is 3.43. The number of thioether (sulfide) groups is 1. The second kappa shape index (κ2) is 6.76. The van der Waals surface area contributed by atoms with E-state index in [-0.39, 0.29) is 11.2 Å². The van der Waals surface area contributed by atoms with E-state index in [9.17, 15) is 4.79 Å². The lowest BCUT2D eigenvalue weighted by atomic mass is 10.2. The van der Waals surface area contributed by atoms with Gasteiger partial charge in [0, 0.05) is 16.6 Å². The van der Waals surface area contributed by atoms with Crippen molar-refractivity contribution in [2.24, 2.45) is 0 Å². The average Bonchev–Trinajstić information content (AvgIpc) is 3.01. The molecule has 2 heterocycles. The number of aromatic nitrogens is 4. The first-order valence-corrected chi connectivity index (χ1v) is 9.14. The quantitative estimate of drug-likeness (QED) is 0.537. The maximum Gasteiger partial charge on any atom is 0.237 e. The summed E-state index contributed by atoms with van der Waals surface area (Å²) in [6.07, 6.45) is 0. The van der Waals surface area contributed by atoms with E-state index in [4.69, 9.17) is 0 Å². The molecule has 0 saturated heterocycles. The maximum absolute atomic E-state index is 12.5. The second-order valence-corrected chi connectivity index (χ2v) is 7.33. The zero-order valence-electron chi connectivity index (χ0n) is 14.4. The highest BCUT2D eigenvalue weighted by molar-refractivity contribution is 8.00. The predicted molar refractivity (Wildman–Crippen MR) is 104 cm³/mol. The number of benzene rings is 2. The molecule has 0 fully saturated rings. The van der Waals surface area contributed by atoms with Crippen molar-refractivity contribution in [3.8, 4) is 0 Å². The summed E-state index contributed by atoms with van der Waals surface area (Å²) in [5.41, 5.74) is 4.22. The molecule has 0 aliphatic rings. The van der Waals surface area contributed by atoms with Gasteiger partial charge < -0.3 is 10.3 Å². The van der Waals surface area contributed by atoms with Gasteiger partial charge >= 0.3 is 0 Å². The van der Waals surface area contributed by atoms with Gasteiger partial charge in [0.1, 0.15) is 5.52 Å². The Kier molecular flexibility index (Phi) is 4.30. The van der Waals surface area contributed by atoms with Crippen LogP contribution in [0.3, 0.4) is 0 Å². The van der Waals surface area contributed by atoms with Crippen LogP contribution < -0.4 is 5.32 Å². The first-order chi connectivity index (χ1) is 12.6. The second-order valence-electron chi connectivity index (χ2n) is 6.03. The molecular weight excluding hydrogens is 346 g/mol. The van der Waals surface area contributed by atoms with E-state index in [0.29, 0.717) is 10.8 Å². The molecule has 130 valence electrons. The molecule has 4 rings (SSSR count). The minimum atomic E-state index is -0.349. The van der Waals surface area contributed by atoms with E-state index >= 15 is 0 Å². The molecule has 0 saturated carbocycles. The van der Waals surface area contributed by atoms with Gasteiger partial charge in [0.15, 0.2) is 5.65 Å². The molecule has 1 unspecified atom stereocenters. The Labute approximate surface area is 154 Å². The third kappa shape index (κ3) is 3.13. The standard InChI is InChI=1S/C19H17N5OS/c1-11-7-3-5-9-14(11)21-18(25)12(2)26-19-22-17-16(23-24-19)13-8-4-6-10-15(13)20-17/h3-10,12H,1-2H3,(H,21,25)(H,20,22,24). The molecule has 6 nitrogen and oxygen atoms in total. The number of H-pyrrole nitrogens is 1. The molecule has 1 atom stereocenters. The summed E-state index contributed by atoms with van der Waals surface area (Å²) in [6.45, 7) is 3.79. The van der Waals surface area contributed by atoms with E-state index < -0.39 is 0 Å². The van der Waals surface area contributed by atoms with Crippen LogP contribution in [-0.4, -0.2) is 31.3 Å². The van der Waals surface area contributed by atoms with Crippen LogP contribution in [0.5, 0.6) is 0 Å². The summed E-state index contributed by atoms with van der Waals surface area (Å²) in [5.74, 6) is -0.0929. The van der Waals surface area contributed by atoms with Crippen LogP contribution in [-0.2, 0) is 4.79 Å². The molecule has 2 N–H and O–H groups in total. The monoisotopic (exact) mass is 363 g/mol. The lowest BCUT2D eigenvalue weighted by Gasteiger charge is -2.12. The molecule has 0 aliphatic heterocycles. The van der Waals surface area contributed by atoms with Crippen LogP contribution in [0.2, 0.25) is 0 Å². The number of carbonyl (C=O) groups excluding carboxylic acids is 1. The molecular formula is C19H17N5OS. The number of aromatic amines is 1. The van der Waals surface area contributed by atoms with Crippen molar-refractivity contribution in [3.63, 3.8) is 0 Å². The lowest BCUT2D eigenvalue weighted by molar-refractivity contribution is -0.115. The van der Waals surface area contributed by atoms with Crippen LogP contribution in [0.4, 0.5) is 5.69 Å². The van der Waals surface area contributed by atoms with Crippen LogP contribution in [0.15, 0.2) is 53.7 Å². The van der Waals surface area contributed by atoms with Crippen molar-refractivity contribution >= 4 is 45.4 Å². The predicted octanol–water partition coefficient (Wildman–Crippen LogP) is 3.93. The van der Waals surface area contributed by atoms with Gasteiger partial charge in [-0.25, -0.2) is 4.98 Å². The molecule has 0 spiro atoms. The Morgan fingerprint density at radius 2 is 1.88 bits per heavy atom. The molecule has 0 aliphatic carbocycles. The van der Waals surface area contributed by atoms with Gasteiger partial charge in [-0.3, -0.25) is 4.79 Å². The van der Waals surface area contributed by atoms with Gasteiger partial charge in [-0.1, -0.05) is 48.2 Å². The number of hydrogen-bond donors (Lipinski definition) is 2. The van der Waals surface area contributed by atoms with Crippen molar-refractivity contribution in [1.29, 1.82) is 0 Å². The van der Waals surface area contributed by atoms with Gasteiger partial charge in [0.2, 0.25) is 11.1 Å². The van der Waals surface area contributed by atoms with Crippen LogP contribution >= 0.6 is 11.8 Å². The summed E-state index contributed by atoms with van der Waals surface area (Å²) >= 11 is 1.28. The van der Waals surface area contributed by atoms with E-state index in [1.54, 1.807) is 0 Å². The number of rotatable bonds is 4. The number of amides is 1. The number of fused-ring (bicyclic) bond motifs is 3. The normalized spacial score (nSPS) is 12.4. The highest BCUT2D eigenvalue weighted by atomic mass is 32.2. The fourth-order valence-electron chi connectivity index (χ4n) is 2.71. The van der Waals surface area contributed by atoms with Crippen molar-refractivity contribution < 1.29 is 4.79 Å². The number of aryl methyl sites for hydroxylation is 1. The Morgan fingerprint density at radius 3 is 2.73 bits per heavy atom. The Hall–Kier alpha value is -2.93. The average molecular weight is 363 g/mol. The minimum Gasteiger partial charge on any atom is -0.338 e. The highest BCUT2D eigenvalue weighted by Gasteiger charge is 2.18. The first-order valence-electron chi connectivity index (χ1n) is 8.26. The molecule has 2 aromatic carbocycles. The zero-order chi connectivity index (χ0) is 18.1. The summed E-state index contributed by atoms with van der Waals surface area (Å²) in [7, 11) is 0. The SMILES string of the molecule is Cc1ccccc1NC(=O)C(C)Sc1nnc2c(n1)[nH]c1ccccc12. The number of carbonyl (C=O) groups is 1. The third-order valence-corrected chi connectivity index (χ3v) is 5.11. The Balaban J connectivity index is 1.53. The van der Waals surface area contributed by atoms with E-state index in [1.165, 1.54) is 11.8 Å². The Bertz CT molecular complexity index is 1110. The number of nitrogens with one attached hydrogen (secondary N) is 2. The topological polar surface area (TPSA) is 83.6 Å². The number of para-hydroxylation sites is 2. The number of nitrogens with zero attached hydrogens (tertiary/aromatic N) is 3. The van der Waals surface area contributed by atoms with E-state index in [2.05, 4.69) is 25.5 Å². The van der Waals surface area contributed by atoms with Gasteiger partial charge in [0.25, 0.3) is 0 Å². The number of hydrogen-bond acceptors (Lipinski definition) is 5. The molecule has 0 bridgehead atoms. The molecule has 1 amide bonds. The van der Waals surface area contributed by atoms with E-state index in [0.717, 1.165) is 27.7 Å². The summed E-state index contributed by atoms with van der Waals surface area (Å²) in [6, 6.07) is 15.6. The summed E-state index contributed by atoms with van der Waals surface area (Å²) in [4.78, 5) is 20.2. The summed E-state index contributed by atoms with van der Waals surface area (Å²) < 4.78 is 0. The van der Waals surface area contributed by atoms with Gasteiger partial charge in [-0.2, -0.15) is 0 Å². The molecule has 4 aromatic rings. The zero-order valence-corrected chi connectivity index (χ0v) is 15.2. The summed E-state index contributed by atoms with van der Waals surface area (Å²) in [5, 5.41) is 12.5. The van der Waals surface area contributed by atoms with Crippen LogP contribution in [0, 0.1) is 6.92 Å². The van der Waals surface area contributed by atoms with Gasteiger partial charge in [0.05, 0.1) is 5.25 Å². The fraction of sp³-hybridized carbons (Fsp3) is 0.158. The van der Waals surface area contributed by atoms with Crippen molar-refractivity contribution in [3.05, 3.63) is 54.1 Å². The van der Waals surface area contributed by atoms with E-state index in [1.807, 2.05) is 62.4 Å². The van der Waals surface area contributed by atoms with Crippen molar-refractivity contribution in [1.82, 2.24) is 20.2 Å². The largest absolute Gasteiger partial charge is 0.338 e. The third-order valence-electron chi connectivity index (χ3n) is 4.16. The minimum absolute atomic E-state index is 0.0929. The molecule has 2 aromatic heterocycles. The smallest absolute Gasteiger partial charge is 0.237 e. The van der Waals surface area contributed by atoms with Crippen molar-refractivity contribution in [2.75, 3.05) is 5.32 Å². The van der Waals surface area contributed by atoms with Crippen molar-refractivity contribution in [2.45, 2.75) is 24.3 Å². The van der Waals surface area contributed by atoms with Gasteiger partial charge in [-0.15, -0.1) is 10.2 Å². The van der Waals surface area contributed by atoms with Gasteiger partial charge in [-0.05, 0) is 31.5 Å². The molecule has 26 heavy (non-hydrogen) atoms. The van der Waals surface area contributed by atoms with Crippen LogP contribution in [0.1, 0.15) is 12.5 Å². The molecule has 0 radical (unpaired) electrons. The maximum atomic E-state index is 12.5.